The lowest BCUT2D eigenvalue weighted by Crippen LogP contribution is -2.34. The Kier molecular flexibility index (Phi) is 6.31. The van der Waals surface area contributed by atoms with E-state index in [1.165, 1.54) is 19.1 Å². The fourth-order valence-electron chi connectivity index (χ4n) is 2.25. The van der Waals surface area contributed by atoms with E-state index in [-0.39, 0.29) is 23.0 Å². The van der Waals surface area contributed by atoms with Gasteiger partial charge in [-0.15, -0.1) is 0 Å². The van der Waals surface area contributed by atoms with E-state index in [2.05, 4.69) is 18.6 Å². The van der Waals surface area contributed by atoms with E-state index >= 15 is 0 Å². The smallest absolute Gasteiger partial charge is 0.241 e. The predicted octanol–water partition coefficient (Wildman–Crippen LogP) is 2.70. The van der Waals surface area contributed by atoms with E-state index in [0.717, 1.165) is 12.8 Å². The van der Waals surface area contributed by atoms with Crippen molar-refractivity contribution in [1.82, 2.24) is 4.72 Å². The van der Waals surface area contributed by atoms with Crippen molar-refractivity contribution in [3.8, 4) is 0 Å². The molecule has 0 radical (unpaired) electrons. The van der Waals surface area contributed by atoms with Gasteiger partial charge in [-0.2, -0.15) is 0 Å². The molecule has 0 aliphatic rings. The number of nitrogens with one attached hydrogen (secondary N) is 1. The minimum Gasteiger partial charge on any atom is -0.326 e. The molecule has 0 fully saturated rings. The summed E-state index contributed by atoms with van der Waals surface area (Å²) >= 11 is 0. The molecular formula is C15H25FN2O2S. The number of rotatable bonds is 7. The number of benzene rings is 1. The van der Waals surface area contributed by atoms with Crippen LogP contribution < -0.4 is 10.5 Å². The summed E-state index contributed by atoms with van der Waals surface area (Å²) in [5, 5.41) is 0. The van der Waals surface area contributed by atoms with Gasteiger partial charge < -0.3 is 5.73 Å². The third kappa shape index (κ3) is 4.76. The fourth-order valence-corrected chi connectivity index (χ4v) is 3.81. The average Bonchev–Trinajstić information content (AvgIpc) is 2.40. The minimum absolute atomic E-state index is 0.0287. The Labute approximate surface area is 127 Å². The van der Waals surface area contributed by atoms with Gasteiger partial charge in [0.2, 0.25) is 10.0 Å². The first-order chi connectivity index (χ1) is 9.71. The zero-order valence-electron chi connectivity index (χ0n) is 13.1. The molecule has 0 spiro atoms. The molecular weight excluding hydrogens is 291 g/mol. The number of hydrogen-bond donors (Lipinski definition) is 2. The molecule has 0 aliphatic heterocycles. The second kappa shape index (κ2) is 7.33. The number of nitrogens with two attached hydrogens (primary N) is 1. The Balaban J connectivity index is 3.05. The molecule has 21 heavy (non-hydrogen) atoms. The highest BCUT2D eigenvalue weighted by molar-refractivity contribution is 7.89. The third-order valence-corrected chi connectivity index (χ3v) is 5.41. The summed E-state index contributed by atoms with van der Waals surface area (Å²) in [7, 11) is -3.74. The van der Waals surface area contributed by atoms with E-state index in [1.807, 2.05) is 6.92 Å². The molecule has 3 N–H and O–H groups in total. The van der Waals surface area contributed by atoms with Crippen LogP contribution in [0.5, 0.6) is 0 Å². The van der Waals surface area contributed by atoms with Gasteiger partial charge in [-0.05, 0) is 43.9 Å². The lowest BCUT2D eigenvalue weighted by atomic mass is 10.0. The predicted molar refractivity (Wildman–Crippen MR) is 82.9 cm³/mol. The highest BCUT2D eigenvalue weighted by Gasteiger charge is 2.22. The summed E-state index contributed by atoms with van der Waals surface area (Å²) in [6.07, 6.45) is 1.73. The van der Waals surface area contributed by atoms with E-state index in [0.29, 0.717) is 11.5 Å². The van der Waals surface area contributed by atoms with Crippen molar-refractivity contribution in [2.75, 3.05) is 0 Å². The topological polar surface area (TPSA) is 72.2 Å². The van der Waals surface area contributed by atoms with Gasteiger partial charge in [0, 0.05) is 18.2 Å². The first kappa shape index (κ1) is 18.1. The van der Waals surface area contributed by atoms with E-state index in [4.69, 9.17) is 5.73 Å². The Bertz CT molecular complexity index is 588. The van der Waals surface area contributed by atoms with Crippen LogP contribution in [0, 0.1) is 18.7 Å². The third-order valence-electron chi connectivity index (χ3n) is 3.69. The molecule has 0 aliphatic carbocycles. The van der Waals surface area contributed by atoms with Crippen LogP contribution >= 0.6 is 0 Å². The first-order valence-corrected chi connectivity index (χ1v) is 8.71. The first-order valence-electron chi connectivity index (χ1n) is 7.22. The SMILES string of the molecule is CCC(C)CC(C)NS(=O)(=O)c1cc(CN)cc(F)c1C. The Morgan fingerprint density at radius 3 is 2.48 bits per heavy atom. The maximum atomic E-state index is 13.8. The fraction of sp³-hybridized carbons (Fsp3) is 0.600. The Morgan fingerprint density at radius 2 is 1.95 bits per heavy atom. The normalized spacial score (nSPS) is 15.0. The van der Waals surface area contributed by atoms with Gasteiger partial charge in [0.1, 0.15) is 5.82 Å². The number of halogens is 1. The van der Waals surface area contributed by atoms with Gasteiger partial charge in [-0.25, -0.2) is 17.5 Å². The lowest BCUT2D eigenvalue weighted by Gasteiger charge is -2.19. The van der Waals surface area contributed by atoms with Crippen LogP contribution in [0.25, 0.3) is 0 Å². The van der Waals surface area contributed by atoms with Gasteiger partial charge in [-0.3, -0.25) is 0 Å². The van der Waals surface area contributed by atoms with Crippen molar-refractivity contribution in [3.63, 3.8) is 0 Å². The average molecular weight is 316 g/mol. The van der Waals surface area contributed by atoms with Crippen molar-refractivity contribution in [2.45, 2.75) is 58.0 Å². The second-order valence-corrected chi connectivity index (χ2v) is 7.36. The monoisotopic (exact) mass is 316 g/mol. The maximum absolute atomic E-state index is 13.8. The van der Waals surface area contributed by atoms with Gasteiger partial charge in [0.05, 0.1) is 4.90 Å². The number of sulfonamides is 1. The van der Waals surface area contributed by atoms with Crippen LogP contribution in [0.15, 0.2) is 17.0 Å². The molecule has 1 aromatic rings. The molecule has 0 heterocycles. The molecule has 0 saturated heterocycles. The Hall–Kier alpha value is -0.980. The summed E-state index contributed by atoms with van der Waals surface area (Å²) in [4.78, 5) is -0.0287. The van der Waals surface area contributed by atoms with E-state index < -0.39 is 15.8 Å². The second-order valence-electron chi connectivity index (χ2n) is 5.68. The van der Waals surface area contributed by atoms with Crippen LogP contribution in [0.2, 0.25) is 0 Å². The largest absolute Gasteiger partial charge is 0.326 e. The Morgan fingerprint density at radius 1 is 1.33 bits per heavy atom. The van der Waals surface area contributed by atoms with Gasteiger partial charge in [0.15, 0.2) is 0 Å². The van der Waals surface area contributed by atoms with Crippen LogP contribution in [-0.2, 0) is 16.6 Å². The summed E-state index contributed by atoms with van der Waals surface area (Å²) in [6, 6.07) is 2.52. The van der Waals surface area contributed by atoms with E-state index in [9.17, 15) is 12.8 Å². The quantitative estimate of drug-likeness (QED) is 0.812. The highest BCUT2D eigenvalue weighted by Crippen LogP contribution is 2.21. The summed E-state index contributed by atoms with van der Waals surface area (Å²) in [5.41, 5.74) is 6.07. The van der Waals surface area contributed by atoms with Crippen LogP contribution in [0.3, 0.4) is 0 Å². The number of hydrogen-bond acceptors (Lipinski definition) is 3. The molecule has 6 heteroatoms. The van der Waals surface area contributed by atoms with Crippen molar-refractivity contribution in [1.29, 1.82) is 0 Å². The molecule has 0 amide bonds. The molecule has 0 bridgehead atoms. The van der Waals surface area contributed by atoms with Gasteiger partial charge >= 0.3 is 0 Å². The minimum atomic E-state index is -3.74. The molecule has 120 valence electrons. The molecule has 2 atom stereocenters. The van der Waals surface area contributed by atoms with Crippen molar-refractivity contribution in [2.24, 2.45) is 11.7 Å². The zero-order chi connectivity index (χ0) is 16.2. The highest BCUT2D eigenvalue weighted by atomic mass is 32.2. The maximum Gasteiger partial charge on any atom is 0.241 e. The van der Waals surface area contributed by atoms with E-state index in [1.54, 1.807) is 0 Å². The lowest BCUT2D eigenvalue weighted by molar-refractivity contribution is 0.445. The molecule has 2 unspecified atom stereocenters. The van der Waals surface area contributed by atoms with Crippen molar-refractivity contribution >= 4 is 10.0 Å². The molecule has 0 aromatic heterocycles. The molecule has 4 nitrogen and oxygen atoms in total. The summed E-state index contributed by atoms with van der Waals surface area (Å²) < 4.78 is 41.3. The summed E-state index contributed by atoms with van der Waals surface area (Å²) in [6.45, 7) is 7.52. The standard InChI is InChI=1S/C15H25FN2O2S/c1-5-10(2)6-11(3)18-21(19,20)15-8-13(9-17)7-14(16)12(15)4/h7-8,10-11,18H,5-6,9,17H2,1-4H3. The zero-order valence-corrected chi connectivity index (χ0v) is 13.9. The molecule has 0 saturated carbocycles. The van der Waals surface area contributed by atoms with Crippen LogP contribution in [-0.4, -0.2) is 14.5 Å². The molecule has 1 rings (SSSR count). The van der Waals surface area contributed by atoms with Crippen molar-refractivity contribution < 1.29 is 12.8 Å². The van der Waals surface area contributed by atoms with Gasteiger partial charge in [0.25, 0.3) is 0 Å². The molecule has 1 aromatic carbocycles. The summed E-state index contributed by atoms with van der Waals surface area (Å²) in [5.74, 6) is -0.121. The van der Waals surface area contributed by atoms with Crippen LogP contribution in [0.4, 0.5) is 4.39 Å². The van der Waals surface area contributed by atoms with Gasteiger partial charge in [-0.1, -0.05) is 20.3 Å². The van der Waals surface area contributed by atoms with Crippen LogP contribution in [0.1, 0.15) is 44.7 Å². The van der Waals surface area contributed by atoms with Crippen molar-refractivity contribution in [3.05, 3.63) is 29.1 Å².